The smallest absolute Gasteiger partial charge is 0.236 e. The Morgan fingerprint density at radius 3 is 2.46 bits per heavy atom. The molecule has 1 amide bonds. The Labute approximate surface area is 150 Å². The molecule has 1 heterocycles. The van der Waals surface area contributed by atoms with Gasteiger partial charge >= 0.3 is 0 Å². The maximum atomic E-state index is 12.2. The number of hydrogen-bond acceptors (Lipinski definition) is 4. The zero-order chi connectivity index (χ0) is 16.8. The van der Waals surface area contributed by atoms with E-state index in [-0.39, 0.29) is 5.91 Å². The van der Waals surface area contributed by atoms with E-state index in [1.807, 2.05) is 55.6 Å². The Morgan fingerprint density at radius 2 is 1.75 bits per heavy atom. The highest BCUT2D eigenvalue weighted by molar-refractivity contribution is 7.99. The van der Waals surface area contributed by atoms with Crippen LogP contribution in [0.2, 0.25) is 0 Å². The number of thioether (sulfide) groups is 1. The zero-order valence-corrected chi connectivity index (χ0v) is 15.0. The molecule has 0 atom stereocenters. The van der Waals surface area contributed by atoms with Gasteiger partial charge in [-0.2, -0.15) is 0 Å². The van der Waals surface area contributed by atoms with Crippen molar-refractivity contribution in [3.05, 3.63) is 71.7 Å². The van der Waals surface area contributed by atoms with Crippen molar-refractivity contribution in [2.45, 2.75) is 5.75 Å². The van der Waals surface area contributed by atoms with Gasteiger partial charge in [0.05, 0.1) is 11.4 Å². The van der Waals surface area contributed by atoms with Crippen molar-refractivity contribution in [3.63, 3.8) is 0 Å². The molecule has 0 aliphatic rings. The lowest BCUT2D eigenvalue weighted by atomic mass is 10.2. The summed E-state index contributed by atoms with van der Waals surface area (Å²) >= 11 is 3.24. The number of thiazole rings is 1. The van der Waals surface area contributed by atoms with Crippen LogP contribution in [0.3, 0.4) is 0 Å². The first-order valence-corrected chi connectivity index (χ1v) is 9.66. The normalized spacial score (nSPS) is 10.5. The van der Waals surface area contributed by atoms with Crippen LogP contribution in [0.5, 0.6) is 0 Å². The van der Waals surface area contributed by atoms with Gasteiger partial charge in [0, 0.05) is 29.4 Å². The highest BCUT2D eigenvalue weighted by Gasteiger charge is 2.11. The minimum atomic E-state index is 0.102. The lowest BCUT2D eigenvalue weighted by molar-refractivity contribution is -0.115. The third-order valence-electron chi connectivity index (χ3n) is 3.57. The Morgan fingerprint density at radius 1 is 1.08 bits per heavy atom. The summed E-state index contributed by atoms with van der Waals surface area (Å²) in [5.74, 6) is 1.30. The molecule has 1 aromatic heterocycles. The third-order valence-corrected chi connectivity index (χ3v) is 5.46. The van der Waals surface area contributed by atoms with Crippen LogP contribution in [-0.4, -0.2) is 23.7 Å². The predicted molar refractivity (Wildman–Crippen MR) is 104 cm³/mol. The molecule has 0 bridgehead atoms. The first-order chi connectivity index (χ1) is 11.7. The summed E-state index contributed by atoms with van der Waals surface area (Å²) in [5, 5.41) is 3.10. The summed E-state index contributed by atoms with van der Waals surface area (Å²) in [5.41, 5.74) is 3.08. The number of hydrogen-bond donors (Lipinski definition) is 0. The summed E-state index contributed by atoms with van der Waals surface area (Å²) in [6.07, 6.45) is 0. The van der Waals surface area contributed by atoms with Crippen LogP contribution in [0.15, 0.2) is 66.0 Å². The maximum absolute atomic E-state index is 12.2. The molecule has 0 spiro atoms. The van der Waals surface area contributed by atoms with Crippen LogP contribution in [0.25, 0.3) is 10.6 Å². The molecule has 0 saturated carbocycles. The third kappa shape index (κ3) is 4.24. The highest BCUT2D eigenvalue weighted by atomic mass is 32.2. The number of para-hydroxylation sites is 1. The number of anilines is 1. The van der Waals surface area contributed by atoms with E-state index in [1.165, 1.54) is 0 Å². The molecule has 3 aromatic rings. The van der Waals surface area contributed by atoms with Gasteiger partial charge in [0.1, 0.15) is 5.01 Å². The lowest BCUT2D eigenvalue weighted by Gasteiger charge is -2.16. The molecule has 122 valence electrons. The Bertz CT molecular complexity index is 787. The SMILES string of the molecule is CN(C(=O)CSCc1csc(-c2ccccc2)n1)c1ccccc1. The van der Waals surface area contributed by atoms with E-state index >= 15 is 0 Å². The number of amides is 1. The molecule has 0 unspecified atom stereocenters. The first-order valence-electron chi connectivity index (χ1n) is 7.63. The lowest BCUT2D eigenvalue weighted by Crippen LogP contribution is -2.27. The van der Waals surface area contributed by atoms with Crippen molar-refractivity contribution in [1.82, 2.24) is 4.98 Å². The Hall–Kier alpha value is -2.11. The molecule has 3 rings (SSSR count). The number of rotatable bonds is 6. The molecule has 0 radical (unpaired) electrons. The highest BCUT2D eigenvalue weighted by Crippen LogP contribution is 2.25. The van der Waals surface area contributed by atoms with Gasteiger partial charge in [-0.15, -0.1) is 23.1 Å². The van der Waals surface area contributed by atoms with Gasteiger partial charge in [0.25, 0.3) is 0 Å². The van der Waals surface area contributed by atoms with Crippen molar-refractivity contribution in [1.29, 1.82) is 0 Å². The van der Waals surface area contributed by atoms with Gasteiger partial charge in [-0.05, 0) is 12.1 Å². The maximum Gasteiger partial charge on any atom is 0.236 e. The van der Waals surface area contributed by atoms with Crippen LogP contribution >= 0.6 is 23.1 Å². The van der Waals surface area contributed by atoms with Crippen molar-refractivity contribution in [3.8, 4) is 10.6 Å². The van der Waals surface area contributed by atoms with E-state index in [9.17, 15) is 4.79 Å². The van der Waals surface area contributed by atoms with Crippen molar-refractivity contribution < 1.29 is 4.79 Å². The van der Waals surface area contributed by atoms with E-state index in [0.717, 1.165) is 27.7 Å². The monoisotopic (exact) mass is 354 g/mol. The molecule has 24 heavy (non-hydrogen) atoms. The largest absolute Gasteiger partial charge is 0.315 e. The molecule has 2 aromatic carbocycles. The van der Waals surface area contributed by atoms with Gasteiger partial charge in [0.15, 0.2) is 0 Å². The fourth-order valence-electron chi connectivity index (χ4n) is 2.22. The van der Waals surface area contributed by atoms with Crippen LogP contribution in [0.1, 0.15) is 5.69 Å². The Kier molecular flexibility index (Phi) is 5.67. The average molecular weight is 355 g/mol. The summed E-state index contributed by atoms with van der Waals surface area (Å²) in [7, 11) is 1.81. The molecule has 0 aliphatic carbocycles. The van der Waals surface area contributed by atoms with E-state index in [0.29, 0.717) is 5.75 Å². The van der Waals surface area contributed by atoms with Gasteiger partial charge in [-0.3, -0.25) is 4.79 Å². The molecular formula is C19H18N2OS2. The number of carbonyl (C=O) groups excluding carboxylic acids is 1. The minimum Gasteiger partial charge on any atom is -0.315 e. The number of nitrogens with zero attached hydrogens (tertiary/aromatic N) is 2. The van der Waals surface area contributed by atoms with Crippen molar-refractivity contribution >= 4 is 34.7 Å². The summed E-state index contributed by atoms with van der Waals surface area (Å²) in [6.45, 7) is 0. The van der Waals surface area contributed by atoms with Crippen LogP contribution in [-0.2, 0) is 10.5 Å². The van der Waals surface area contributed by atoms with E-state index in [4.69, 9.17) is 0 Å². The van der Waals surface area contributed by atoms with Crippen LogP contribution in [0.4, 0.5) is 5.69 Å². The van der Waals surface area contributed by atoms with E-state index in [1.54, 1.807) is 28.0 Å². The summed E-state index contributed by atoms with van der Waals surface area (Å²) in [6, 6.07) is 19.9. The van der Waals surface area contributed by atoms with Crippen LogP contribution in [0, 0.1) is 0 Å². The van der Waals surface area contributed by atoms with Crippen molar-refractivity contribution in [2.24, 2.45) is 0 Å². The first kappa shape index (κ1) is 16.7. The fourth-order valence-corrected chi connectivity index (χ4v) is 3.98. The number of benzene rings is 2. The molecule has 0 aliphatic heterocycles. The predicted octanol–water partition coefficient (Wildman–Crippen LogP) is 4.71. The Balaban J connectivity index is 1.52. The fraction of sp³-hybridized carbons (Fsp3) is 0.158. The summed E-state index contributed by atoms with van der Waals surface area (Å²) < 4.78 is 0. The molecule has 0 N–H and O–H groups in total. The minimum absolute atomic E-state index is 0.102. The molecule has 3 nitrogen and oxygen atoms in total. The van der Waals surface area contributed by atoms with Gasteiger partial charge in [-0.1, -0.05) is 48.5 Å². The second-order valence-electron chi connectivity index (χ2n) is 5.29. The molecule has 0 saturated heterocycles. The van der Waals surface area contributed by atoms with Crippen molar-refractivity contribution in [2.75, 3.05) is 17.7 Å². The van der Waals surface area contributed by atoms with E-state index < -0.39 is 0 Å². The topological polar surface area (TPSA) is 33.2 Å². The standard InChI is InChI=1S/C19H18N2OS2/c1-21(17-10-6-3-7-11-17)18(22)14-23-12-16-13-24-19(20-16)15-8-4-2-5-9-15/h2-11,13H,12,14H2,1H3. The second-order valence-corrected chi connectivity index (χ2v) is 7.13. The average Bonchev–Trinajstić information content (AvgIpc) is 3.11. The van der Waals surface area contributed by atoms with Gasteiger partial charge < -0.3 is 4.90 Å². The number of carbonyl (C=O) groups is 1. The second kappa shape index (κ2) is 8.13. The molecular weight excluding hydrogens is 336 g/mol. The zero-order valence-electron chi connectivity index (χ0n) is 13.4. The van der Waals surface area contributed by atoms with E-state index in [2.05, 4.69) is 22.5 Å². The van der Waals surface area contributed by atoms with Gasteiger partial charge in [-0.25, -0.2) is 4.98 Å². The quantitative estimate of drug-likeness (QED) is 0.643. The molecule has 0 fully saturated rings. The van der Waals surface area contributed by atoms with Gasteiger partial charge in [0.2, 0.25) is 5.91 Å². The van der Waals surface area contributed by atoms with Crippen LogP contribution < -0.4 is 4.90 Å². The number of aromatic nitrogens is 1. The molecule has 5 heteroatoms. The summed E-state index contributed by atoms with van der Waals surface area (Å²) in [4.78, 5) is 18.6.